The van der Waals surface area contributed by atoms with E-state index in [0.717, 1.165) is 18.7 Å². The maximum atomic E-state index is 10.9. The smallest absolute Gasteiger partial charge is 0.143 e. The van der Waals surface area contributed by atoms with Crippen LogP contribution in [0.1, 0.15) is 59.3 Å². The van der Waals surface area contributed by atoms with E-state index in [1.165, 1.54) is 32.1 Å². The lowest BCUT2D eigenvalue weighted by Gasteiger charge is -2.36. The molecule has 4 N–H and O–H groups in total. The quantitative estimate of drug-likeness (QED) is 0.630. The summed E-state index contributed by atoms with van der Waals surface area (Å²) in [4.78, 5) is 2.05. The van der Waals surface area contributed by atoms with Gasteiger partial charge < -0.3 is 21.1 Å². The van der Waals surface area contributed by atoms with Gasteiger partial charge in [0.2, 0.25) is 0 Å². The average Bonchev–Trinajstić information content (AvgIpc) is 2.60. The fraction of sp³-hybridized carbons (Fsp3) is 0.714. The number of benzene rings is 1. The SMILES string of the molecule is CC(C)(C)CCN(c1ccccc1)C(O)[C@H](N)CNC1CCCCC1. The van der Waals surface area contributed by atoms with E-state index in [1.807, 2.05) is 30.3 Å². The minimum atomic E-state index is -0.680. The first-order valence-electron chi connectivity index (χ1n) is 9.85. The van der Waals surface area contributed by atoms with Gasteiger partial charge in [-0.05, 0) is 36.8 Å². The Balaban J connectivity index is 1.96. The number of nitrogens with zero attached hydrogens (tertiary/aromatic N) is 1. The number of para-hydroxylation sites is 1. The zero-order valence-electron chi connectivity index (χ0n) is 16.2. The van der Waals surface area contributed by atoms with Gasteiger partial charge in [-0.25, -0.2) is 0 Å². The van der Waals surface area contributed by atoms with E-state index in [4.69, 9.17) is 5.73 Å². The molecule has 0 heterocycles. The second-order valence-corrected chi connectivity index (χ2v) is 8.66. The number of hydrogen-bond acceptors (Lipinski definition) is 4. The molecule has 2 atom stereocenters. The Hall–Kier alpha value is -1.10. The van der Waals surface area contributed by atoms with Crippen LogP contribution in [0, 0.1) is 5.41 Å². The van der Waals surface area contributed by atoms with Crippen molar-refractivity contribution >= 4 is 5.69 Å². The van der Waals surface area contributed by atoms with Gasteiger partial charge >= 0.3 is 0 Å². The zero-order valence-corrected chi connectivity index (χ0v) is 16.2. The number of aliphatic hydroxyl groups excluding tert-OH is 1. The minimum Gasteiger partial charge on any atom is -0.372 e. The molecule has 1 aliphatic rings. The summed E-state index contributed by atoms with van der Waals surface area (Å²) in [6.07, 6.45) is 6.74. The first kappa shape index (κ1) is 20.2. The van der Waals surface area contributed by atoms with Gasteiger partial charge in [-0.15, -0.1) is 0 Å². The summed E-state index contributed by atoms with van der Waals surface area (Å²) in [5, 5.41) is 14.5. The lowest BCUT2D eigenvalue weighted by molar-refractivity contribution is 0.132. The van der Waals surface area contributed by atoms with Crippen molar-refractivity contribution in [3.63, 3.8) is 0 Å². The minimum absolute atomic E-state index is 0.219. The molecule has 1 fully saturated rings. The molecule has 4 nitrogen and oxygen atoms in total. The normalized spacial score (nSPS) is 18.8. The summed E-state index contributed by atoms with van der Waals surface area (Å²) >= 11 is 0. The van der Waals surface area contributed by atoms with Crippen LogP contribution in [0.25, 0.3) is 0 Å². The van der Waals surface area contributed by atoms with Crippen LogP contribution in [0.5, 0.6) is 0 Å². The summed E-state index contributed by atoms with van der Waals surface area (Å²) in [7, 11) is 0. The molecule has 0 saturated heterocycles. The molecule has 0 bridgehead atoms. The molecule has 1 saturated carbocycles. The van der Waals surface area contributed by atoms with Gasteiger partial charge in [-0.1, -0.05) is 58.2 Å². The Morgan fingerprint density at radius 1 is 1.16 bits per heavy atom. The molecular formula is C21H37N3O. The molecule has 1 aromatic carbocycles. The molecule has 25 heavy (non-hydrogen) atoms. The van der Waals surface area contributed by atoms with E-state index in [0.29, 0.717) is 12.6 Å². The van der Waals surface area contributed by atoms with Gasteiger partial charge in [0.25, 0.3) is 0 Å². The monoisotopic (exact) mass is 347 g/mol. The van der Waals surface area contributed by atoms with Gasteiger partial charge in [0.05, 0.1) is 6.04 Å². The second kappa shape index (κ2) is 9.56. The van der Waals surface area contributed by atoms with Crippen molar-refractivity contribution in [3.05, 3.63) is 30.3 Å². The fourth-order valence-electron chi connectivity index (χ4n) is 3.44. The molecule has 142 valence electrons. The van der Waals surface area contributed by atoms with Crippen molar-refractivity contribution in [2.45, 2.75) is 77.6 Å². The van der Waals surface area contributed by atoms with E-state index in [1.54, 1.807) is 0 Å². The van der Waals surface area contributed by atoms with Gasteiger partial charge in [0.15, 0.2) is 0 Å². The number of rotatable bonds is 8. The molecule has 0 aromatic heterocycles. The van der Waals surface area contributed by atoms with Gasteiger partial charge in [0.1, 0.15) is 6.23 Å². The molecular weight excluding hydrogens is 310 g/mol. The molecule has 1 aromatic rings. The number of nitrogens with one attached hydrogen (secondary N) is 1. The summed E-state index contributed by atoms with van der Waals surface area (Å²) in [5.41, 5.74) is 7.61. The van der Waals surface area contributed by atoms with Crippen LogP contribution in [-0.4, -0.2) is 36.5 Å². The highest BCUT2D eigenvalue weighted by molar-refractivity contribution is 5.46. The molecule has 1 unspecified atom stereocenters. The molecule has 0 aliphatic heterocycles. The Labute approximate surface area is 153 Å². The lowest BCUT2D eigenvalue weighted by Crippen LogP contribution is -2.54. The van der Waals surface area contributed by atoms with E-state index in [2.05, 4.69) is 31.0 Å². The summed E-state index contributed by atoms with van der Waals surface area (Å²) in [6.45, 7) is 8.14. The predicted octanol–water partition coefficient (Wildman–Crippen LogP) is 3.50. The van der Waals surface area contributed by atoms with E-state index in [9.17, 15) is 5.11 Å². The summed E-state index contributed by atoms with van der Waals surface area (Å²) < 4.78 is 0. The Kier molecular flexibility index (Phi) is 7.73. The zero-order chi connectivity index (χ0) is 18.3. The molecule has 2 rings (SSSR count). The van der Waals surface area contributed by atoms with E-state index in [-0.39, 0.29) is 11.5 Å². The van der Waals surface area contributed by atoms with Gasteiger partial charge in [-0.2, -0.15) is 0 Å². The van der Waals surface area contributed by atoms with Gasteiger partial charge in [-0.3, -0.25) is 0 Å². The third-order valence-electron chi connectivity index (χ3n) is 5.14. The molecule has 4 heteroatoms. The molecule has 0 spiro atoms. The van der Waals surface area contributed by atoms with E-state index < -0.39 is 6.23 Å². The van der Waals surface area contributed by atoms with Gasteiger partial charge in [0, 0.05) is 24.8 Å². The summed E-state index contributed by atoms with van der Waals surface area (Å²) in [6, 6.07) is 10.4. The van der Waals surface area contributed by atoms with Crippen LogP contribution >= 0.6 is 0 Å². The van der Waals surface area contributed by atoms with Crippen LogP contribution < -0.4 is 16.0 Å². The van der Waals surface area contributed by atoms with Crippen molar-refractivity contribution in [3.8, 4) is 0 Å². The summed E-state index contributed by atoms with van der Waals surface area (Å²) in [5.74, 6) is 0. The van der Waals surface area contributed by atoms with Crippen molar-refractivity contribution in [1.29, 1.82) is 0 Å². The highest BCUT2D eigenvalue weighted by Gasteiger charge is 2.25. The fourth-order valence-corrected chi connectivity index (χ4v) is 3.44. The predicted molar refractivity (Wildman–Crippen MR) is 107 cm³/mol. The first-order valence-corrected chi connectivity index (χ1v) is 9.85. The van der Waals surface area contributed by atoms with Crippen LogP contribution in [0.15, 0.2) is 30.3 Å². The van der Waals surface area contributed by atoms with Crippen LogP contribution in [0.3, 0.4) is 0 Å². The molecule has 1 aliphatic carbocycles. The van der Waals surface area contributed by atoms with Crippen LogP contribution in [0.2, 0.25) is 0 Å². The number of hydrogen-bond donors (Lipinski definition) is 3. The maximum Gasteiger partial charge on any atom is 0.143 e. The Morgan fingerprint density at radius 2 is 1.80 bits per heavy atom. The Bertz CT molecular complexity index is 480. The number of aliphatic hydroxyl groups is 1. The van der Waals surface area contributed by atoms with Crippen LogP contribution in [-0.2, 0) is 0 Å². The second-order valence-electron chi connectivity index (χ2n) is 8.66. The van der Waals surface area contributed by atoms with Crippen LogP contribution in [0.4, 0.5) is 5.69 Å². The Morgan fingerprint density at radius 3 is 2.40 bits per heavy atom. The molecule has 0 amide bonds. The molecule has 0 radical (unpaired) electrons. The standard InChI is InChI=1S/C21H37N3O/c1-21(2,3)14-15-24(18-12-8-5-9-13-18)20(25)19(22)16-23-17-10-6-4-7-11-17/h5,8-9,12-13,17,19-20,23,25H,4,6-7,10-11,14-16,22H2,1-3H3/t19-,20?/m1/s1. The number of anilines is 1. The first-order chi connectivity index (χ1) is 11.9. The van der Waals surface area contributed by atoms with Crippen molar-refractivity contribution in [2.75, 3.05) is 18.0 Å². The highest BCUT2D eigenvalue weighted by atomic mass is 16.3. The third kappa shape index (κ3) is 6.96. The average molecular weight is 348 g/mol. The maximum absolute atomic E-state index is 10.9. The number of nitrogens with two attached hydrogens (primary N) is 1. The largest absolute Gasteiger partial charge is 0.372 e. The highest BCUT2D eigenvalue weighted by Crippen LogP contribution is 2.24. The lowest BCUT2D eigenvalue weighted by atomic mass is 9.92. The topological polar surface area (TPSA) is 61.5 Å². The third-order valence-corrected chi connectivity index (χ3v) is 5.14. The van der Waals surface area contributed by atoms with Crippen molar-refractivity contribution in [1.82, 2.24) is 5.32 Å². The van der Waals surface area contributed by atoms with Crippen molar-refractivity contribution < 1.29 is 5.11 Å². The van der Waals surface area contributed by atoms with E-state index >= 15 is 0 Å². The van der Waals surface area contributed by atoms with Crippen molar-refractivity contribution in [2.24, 2.45) is 11.1 Å².